The van der Waals surface area contributed by atoms with Gasteiger partial charge in [-0.15, -0.1) is 0 Å². The number of nitrogens with one attached hydrogen (secondary N) is 1. The lowest BCUT2D eigenvalue weighted by molar-refractivity contribution is -0.138. The minimum absolute atomic E-state index is 0.0478. The summed E-state index contributed by atoms with van der Waals surface area (Å²) in [5, 5.41) is 8.97. The lowest BCUT2D eigenvalue weighted by atomic mass is 9.85. The van der Waals surface area contributed by atoms with Gasteiger partial charge in [0.2, 0.25) is 5.88 Å². The third kappa shape index (κ3) is 5.98. The van der Waals surface area contributed by atoms with Gasteiger partial charge in [0.25, 0.3) is 0 Å². The Morgan fingerprint density at radius 3 is 2.59 bits per heavy atom. The highest BCUT2D eigenvalue weighted by atomic mass is 19.1. The van der Waals surface area contributed by atoms with Crippen molar-refractivity contribution in [1.29, 1.82) is 0 Å². The van der Waals surface area contributed by atoms with Gasteiger partial charge in [0.05, 0.1) is 16.6 Å². The first-order valence-electron chi connectivity index (χ1n) is 13.1. The van der Waals surface area contributed by atoms with Crippen LogP contribution in [0.3, 0.4) is 0 Å². The number of carboxylic acids is 1. The summed E-state index contributed by atoms with van der Waals surface area (Å²) in [5.74, 6) is 0.199. The summed E-state index contributed by atoms with van der Waals surface area (Å²) in [6.07, 6.45) is 8.64. The number of aromatic amines is 1. The van der Waals surface area contributed by atoms with Crippen LogP contribution in [0.2, 0.25) is 0 Å². The van der Waals surface area contributed by atoms with Crippen LogP contribution in [0.4, 0.5) is 4.39 Å². The molecule has 1 aliphatic rings. The molecule has 0 unspecified atom stereocenters. The van der Waals surface area contributed by atoms with Gasteiger partial charge in [-0.1, -0.05) is 25.5 Å². The molecular formula is C30H32FN3O3. The van der Waals surface area contributed by atoms with E-state index < -0.39 is 5.97 Å². The number of hydrogen-bond donors (Lipinski definition) is 2. The van der Waals surface area contributed by atoms with E-state index in [1.165, 1.54) is 11.6 Å². The number of hydrogen-bond acceptors (Lipinski definition) is 4. The Labute approximate surface area is 215 Å². The Kier molecular flexibility index (Phi) is 7.49. The van der Waals surface area contributed by atoms with E-state index in [2.05, 4.69) is 34.0 Å². The van der Waals surface area contributed by atoms with Crippen LogP contribution in [0.15, 0.2) is 54.7 Å². The second-order valence-electron chi connectivity index (χ2n) is 9.98. The number of aryl methyl sites for hydroxylation is 1. The Morgan fingerprint density at radius 1 is 1.08 bits per heavy atom. The van der Waals surface area contributed by atoms with Gasteiger partial charge in [-0.25, -0.2) is 14.4 Å². The highest BCUT2D eigenvalue weighted by molar-refractivity contribution is 5.80. The van der Waals surface area contributed by atoms with Gasteiger partial charge >= 0.3 is 5.97 Å². The normalized spacial score (nSPS) is 17.7. The molecular weight excluding hydrogens is 469 g/mol. The molecule has 0 amide bonds. The number of pyridine rings is 1. The molecule has 2 N–H and O–H groups in total. The number of nitrogens with zero attached hydrogens (tertiary/aromatic N) is 2. The summed E-state index contributed by atoms with van der Waals surface area (Å²) in [7, 11) is 0. The predicted molar refractivity (Wildman–Crippen MR) is 142 cm³/mol. The number of unbranched alkanes of at least 4 members (excludes halogenated alkanes) is 1. The van der Waals surface area contributed by atoms with Crippen LogP contribution in [0.25, 0.3) is 33.5 Å². The van der Waals surface area contributed by atoms with Gasteiger partial charge in [0.15, 0.2) is 0 Å². The maximum atomic E-state index is 15.2. The molecule has 0 saturated heterocycles. The molecule has 1 fully saturated rings. The number of ether oxygens (including phenoxy) is 1. The Hall–Kier alpha value is -3.74. The van der Waals surface area contributed by atoms with Gasteiger partial charge in [0, 0.05) is 24.2 Å². The highest BCUT2D eigenvalue weighted by Crippen LogP contribution is 2.31. The largest absolute Gasteiger partial charge is 0.481 e. The molecule has 4 aromatic rings. The summed E-state index contributed by atoms with van der Waals surface area (Å²) in [4.78, 5) is 23.2. The van der Waals surface area contributed by atoms with Crippen LogP contribution in [0, 0.1) is 11.7 Å². The molecule has 7 heteroatoms. The number of carbonyl (C=O) groups is 1. The fourth-order valence-corrected chi connectivity index (χ4v) is 5.10. The standard InChI is InChI=1S/C30H32FN3O3/c1-2-3-4-19-7-13-26-27(15-19)34-30(33-26)24-12-8-21(17-25(24)31)22-9-14-28(32-18-22)37-23-10-5-20(6-11-23)16-29(35)36/h7-9,12-15,17-18,20,23H,2-6,10-11,16H2,1H3,(H,33,34)(H,35,36). The average molecular weight is 502 g/mol. The smallest absolute Gasteiger partial charge is 0.303 e. The van der Waals surface area contributed by atoms with Crippen LogP contribution in [0.5, 0.6) is 5.88 Å². The minimum atomic E-state index is -0.736. The van der Waals surface area contributed by atoms with Crippen LogP contribution in [-0.2, 0) is 11.2 Å². The van der Waals surface area contributed by atoms with Crippen molar-refractivity contribution < 1.29 is 19.0 Å². The molecule has 2 heterocycles. The summed E-state index contributed by atoms with van der Waals surface area (Å²) >= 11 is 0. The number of H-pyrrole nitrogens is 1. The number of halogens is 1. The lowest BCUT2D eigenvalue weighted by Crippen LogP contribution is -2.25. The van der Waals surface area contributed by atoms with Crippen LogP contribution in [-0.4, -0.2) is 32.1 Å². The van der Waals surface area contributed by atoms with Crippen molar-refractivity contribution in [2.24, 2.45) is 5.92 Å². The molecule has 0 bridgehead atoms. The summed E-state index contributed by atoms with van der Waals surface area (Å²) in [6, 6.07) is 15.0. The molecule has 0 atom stereocenters. The maximum Gasteiger partial charge on any atom is 0.303 e. The summed E-state index contributed by atoms with van der Waals surface area (Å²) < 4.78 is 21.2. The van der Waals surface area contributed by atoms with Crippen molar-refractivity contribution in [3.05, 3.63) is 66.1 Å². The number of rotatable bonds is 9. The van der Waals surface area contributed by atoms with E-state index in [0.717, 1.165) is 67.1 Å². The van der Waals surface area contributed by atoms with Crippen molar-refractivity contribution in [3.8, 4) is 28.4 Å². The first kappa shape index (κ1) is 24.9. The van der Waals surface area contributed by atoms with E-state index in [1.807, 2.05) is 18.2 Å². The quantitative estimate of drug-likeness (QED) is 0.253. The van der Waals surface area contributed by atoms with Gasteiger partial charge in [-0.3, -0.25) is 4.79 Å². The van der Waals surface area contributed by atoms with Crippen LogP contribution < -0.4 is 4.74 Å². The number of aliphatic carboxylic acids is 1. The third-order valence-electron chi connectivity index (χ3n) is 7.20. The SMILES string of the molecule is CCCCc1ccc2nc(-c3ccc(-c4ccc(OC5CCC(CC(=O)O)CC5)nc4)cc3F)[nH]c2c1. The molecule has 192 valence electrons. The van der Waals surface area contributed by atoms with Gasteiger partial charge in [0.1, 0.15) is 17.7 Å². The second-order valence-corrected chi connectivity index (χ2v) is 9.98. The maximum absolute atomic E-state index is 15.2. The molecule has 0 radical (unpaired) electrons. The summed E-state index contributed by atoms with van der Waals surface area (Å²) in [6.45, 7) is 2.18. The molecule has 1 aliphatic carbocycles. The van der Waals surface area contributed by atoms with E-state index in [9.17, 15) is 4.79 Å². The first-order chi connectivity index (χ1) is 18.0. The van der Waals surface area contributed by atoms with E-state index in [4.69, 9.17) is 9.84 Å². The third-order valence-corrected chi connectivity index (χ3v) is 7.20. The molecule has 2 aromatic carbocycles. The monoisotopic (exact) mass is 501 g/mol. The van der Waals surface area contributed by atoms with Crippen molar-refractivity contribution in [2.45, 2.75) is 64.4 Å². The van der Waals surface area contributed by atoms with Crippen LogP contribution >= 0.6 is 0 Å². The number of carboxylic acid groups (broad SMARTS) is 1. The zero-order valence-corrected chi connectivity index (χ0v) is 21.0. The van der Waals surface area contributed by atoms with Crippen molar-refractivity contribution in [1.82, 2.24) is 15.0 Å². The van der Waals surface area contributed by atoms with Crippen molar-refractivity contribution in [2.75, 3.05) is 0 Å². The molecule has 0 spiro atoms. The fourth-order valence-electron chi connectivity index (χ4n) is 5.10. The molecule has 0 aliphatic heterocycles. The van der Waals surface area contributed by atoms with Gasteiger partial charge in [-0.05, 0) is 85.9 Å². The lowest BCUT2D eigenvalue weighted by Gasteiger charge is -2.27. The molecule has 6 nitrogen and oxygen atoms in total. The second kappa shape index (κ2) is 11.1. The molecule has 5 rings (SSSR count). The number of aromatic nitrogens is 3. The van der Waals surface area contributed by atoms with Crippen molar-refractivity contribution >= 4 is 17.0 Å². The van der Waals surface area contributed by atoms with E-state index >= 15 is 4.39 Å². The highest BCUT2D eigenvalue weighted by Gasteiger charge is 2.24. The number of fused-ring (bicyclic) bond motifs is 1. The number of imidazole rings is 1. The topological polar surface area (TPSA) is 88.1 Å². The van der Waals surface area contributed by atoms with Gasteiger partial charge < -0.3 is 14.8 Å². The van der Waals surface area contributed by atoms with Crippen LogP contribution in [0.1, 0.15) is 57.4 Å². The predicted octanol–water partition coefficient (Wildman–Crippen LogP) is 7.19. The van der Waals surface area contributed by atoms with Gasteiger partial charge in [-0.2, -0.15) is 0 Å². The molecule has 37 heavy (non-hydrogen) atoms. The first-order valence-corrected chi connectivity index (χ1v) is 13.1. The fraction of sp³-hybridized carbons (Fsp3) is 0.367. The average Bonchev–Trinajstić information content (AvgIpc) is 3.32. The zero-order chi connectivity index (χ0) is 25.8. The van der Waals surface area contributed by atoms with Crippen molar-refractivity contribution in [3.63, 3.8) is 0 Å². The minimum Gasteiger partial charge on any atom is -0.481 e. The Bertz CT molecular complexity index is 1370. The Balaban J connectivity index is 1.25. The summed E-state index contributed by atoms with van der Waals surface area (Å²) in [5.41, 5.74) is 4.96. The van der Waals surface area contributed by atoms with E-state index in [-0.39, 0.29) is 24.3 Å². The molecule has 1 saturated carbocycles. The zero-order valence-electron chi connectivity index (χ0n) is 21.0. The number of benzene rings is 2. The van der Waals surface area contributed by atoms with E-state index in [0.29, 0.717) is 17.3 Å². The van der Waals surface area contributed by atoms with E-state index in [1.54, 1.807) is 18.3 Å². The Morgan fingerprint density at radius 2 is 1.89 bits per heavy atom. The molecule has 2 aromatic heterocycles.